The van der Waals surface area contributed by atoms with Crippen molar-refractivity contribution in [3.8, 4) is 0 Å². The van der Waals surface area contributed by atoms with Gasteiger partial charge in [0, 0.05) is 11.0 Å². The zero-order chi connectivity index (χ0) is 13.2. The molecule has 0 heterocycles. The number of nitro groups is 2. The van der Waals surface area contributed by atoms with Crippen LogP contribution in [0.4, 0.5) is 17.1 Å². The molecule has 9 nitrogen and oxygen atoms in total. The summed E-state index contributed by atoms with van der Waals surface area (Å²) in [6, 6.07) is 1.15. The van der Waals surface area contributed by atoms with Gasteiger partial charge in [-0.3, -0.25) is 20.2 Å². The molecule has 0 aliphatic heterocycles. The lowest BCUT2D eigenvalue weighted by molar-refractivity contribution is -0.394. The van der Waals surface area contributed by atoms with Gasteiger partial charge in [0.05, 0.1) is 9.85 Å². The normalized spacial score (nSPS) is 9.53. The van der Waals surface area contributed by atoms with Crippen molar-refractivity contribution in [2.45, 2.75) is 13.8 Å². The zero-order valence-corrected chi connectivity index (χ0v) is 8.95. The molecule has 0 fully saturated rings. The summed E-state index contributed by atoms with van der Waals surface area (Å²) in [4.78, 5) is 22.5. The maximum absolute atomic E-state index is 10.8. The van der Waals surface area contributed by atoms with E-state index < -0.39 is 15.5 Å². The number of aryl methyl sites for hydroxylation is 1. The molecule has 0 saturated heterocycles. The molecule has 1 aromatic rings. The first-order chi connectivity index (χ1) is 7.90. The van der Waals surface area contributed by atoms with E-state index in [1.807, 2.05) is 0 Å². The van der Waals surface area contributed by atoms with Crippen LogP contribution in [0.1, 0.15) is 11.1 Å². The van der Waals surface area contributed by atoms with Crippen molar-refractivity contribution in [1.82, 2.24) is 0 Å². The van der Waals surface area contributed by atoms with E-state index in [2.05, 4.69) is 10.0 Å². The molecule has 0 radical (unpaired) electrons. The highest BCUT2D eigenvalue weighted by Gasteiger charge is 2.27. The summed E-state index contributed by atoms with van der Waals surface area (Å²) < 4.78 is 0. The van der Waals surface area contributed by atoms with Gasteiger partial charge >= 0.3 is 0 Å². The van der Waals surface area contributed by atoms with Crippen molar-refractivity contribution in [2.75, 3.05) is 0 Å². The van der Waals surface area contributed by atoms with Crippen molar-refractivity contribution < 1.29 is 9.85 Å². The number of nitro benzene ring substituents is 2. The molecule has 0 spiro atoms. The third-order valence-corrected chi connectivity index (χ3v) is 2.21. The number of benzene rings is 1. The summed E-state index contributed by atoms with van der Waals surface area (Å²) in [5, 5.41) is 24.7. The van der Waals surface area contributed by atoms with Gasteiger partial charge < -0.3 is 0 Å². The lowest BCUT2D eigenvalue weighted by Gasteiger charge is -2.04. The fourth-order valence-electron chi connectivity index (χ4n) is 1.45. The minimum atomic E-state index is -0.792. The number of azide groups is 1. The average Bonchev–Trinajstić information content (AvgIpc) is 2.22. The average molecular weight is 237 g/mol. The summed E-state index contributed by atoms with van der Waals surface area (Å²) in [5.41, 5.74) is 7.28. The smallest absolute Gasteiger partial charge is 0.258 e. The Morgan fingerprint density at radius 3 is 2.29 bits per heavy atom. The van der Waals surface area contributed by atoms with Crippen molar-refractivity contribution in [3.05, 3.63) is 47.9 Å². The van der Waals surface area contributed by atoms with Gasteiger partial charge in [0.1, 0.15) is 11.3 Å². The van der Waals surface area contributed by atoms with Crippen molar-refractivity contribution in [2.24, 2.45) is 5.11 Å². The Hall–Kier alpha value is -2.67. The van der Waals surface area contributed by atoms with Crippen molar-refractivity contribution in [3.63, 3.8) is 0 Å². The summed E-state index contributed by atoms with van der Waals surface area (Å²) >= 11 is 0. The molecule has 0 saturated carbocycles. The second-order valence-corrected chi connectivity index (χ2v) is 3.24. The summed E-state index contributed by atoms with van der Waals surface area (Å²) in [6.07, 6.45) is 0. The fraction of sp³-hybridized carbons (Fsp3) is 0.250. The topological polar surface area (TPSA) is 135 Å². The molecule has 17 heavy (non-hydrogen) atoms. The highest BCUT2D eigenvalue weighted by molar-refractivity contribution is 5.71. The van der Waals surface area contributed by atoms with Gasteiger partial charge in [-0.2, -0.15) is 0 Å². The molecular weight excluding hydrogens is 230 g/mol. The number of hydrogen-bond acceptors (Lipinski definition) is 5. The Morgan fingerprint density at radius 1 is 1.29 bits per heavy atom. The van der Waals surface area contributed by atoms with Crippen LogP contribution in [-0.4, -0.2) is 9.85 Å². The number of rotatable bonds is 3. The number of hydrogen-bond donors (Lipinski definition) is 0. The highest BCUT2D eigenvalue weighted by Crippen LogP contribution is 2.39. The van der Waals surface area contributed by atoms with Gasteiger partial charge in [-0.15, -0.1) is 0 Å². The van der Waals surface area contributed by atoms with Crippen LogP contribution in [0.15, 0.2) is 11.2 Å². The zero-order valence-electron chi connectivity index (χ0n) is 8.95. The minimum absolute atomic E-state index is 0.131. The fourth-order valence-corrected chi connectivity index (χ4v) is 1.45. The molecule has 1 aromatic carbocycles. The van der Waals surface area contributed by atoms with E-state index in [0.29, 0.717) is 0 Å². The molecule has 0 aromatic heterocycles. The SMILES string of the molecule is Cc1cc([N+](=O)[O-])c(C)c([N+](=O)[O-])c1N=[N+]=[N-]. The van der Waals surface area contributed by atoms with Crippen LogP contribution in [0.2, 0.25) is 0 Å². The van der Waals surface area contributed by atoms with E-state index in [4.69, 9.17) is 5.53 Å². The van der Waals surface area contributed by atoms with Crippen LogP contribution in [0, 0.1) is 34.1 Å². The monoisotopic (exact) mass is 237 g/mol. The first-order valence-electron chi connectivity index (χ1n) is 4.38. The maximum Gasteiger partial charge on any atom is 0.289 e. The van der Waals surface area contributed by atoms with Crippen LogP contribution in [0.5, 0.6) is 0 Å². The number of nitrogens with zero attached hydrogens (tertiary/aromatic N) is 5. The minimum Gasteiger partial charge on any atom is -0.258 e. The molecule has 0 aliphatic carbocycles. The van der Waals surface area contributed by atoms with Gasteiger partial charge in [-0.05, 0) is 24.9 Å². The third kappa shape index (κ3) is 2.13. The van der Waals surface area contributed by atoms with E-state index >= 15 is 0 Å². The molecule has 0 N–H and O–H groups in total. The first kappa shape index (κ1) is 12.4. The Morgan fingerprint density at radius 2 is 1.88 bits per heavy atom. The summed E-state index contributed by atoms with van der Waals surface area (Å²) in [6.45, 7) is 2.65. The van der Waals surface area contributed by atoms with Gasteiger partial charge in [-0.25, -0.2) is 0 Å². The largest absolute Gasteiger partial charge is 0.289 e. The maximum atomic E-state index is 10.8. The van der Waals surface area contributed by atoms with Crippen LogP contribution >= 0.6 is 0 Å². The molecule has 9 heteroatoms. The van der Waals surface area contributed by atoms with E-state index in [1.54, 1.807) is 0 Å². The predicted octanol–water partition coefficient (Wildman–Crippen LogP) is 3.06. The second-order valence-electron chi connectivity index (χ2n) is 3.24. The van der Waals surface area contributed by atoms with Crippen molar-refractivity contribution in [1.29, 1.82) is 0 Å². The summed E-state index contributed by atoms with van der Waals surface area (Å²) in [7, 11) is 0. The summed E-state index contributed by atoms with van der Waals surface area (Å²) in [5.74, 6) is 0. The Balaban J connectivity index is 3.77. The Kier molecular flexibility index (Phi) is 3.25. The van der Waals surface area contributed by atoms with Gasteiger partial charge in [0.2, 0.25) is 0 Å². The third-order valence-electron chi connectivity index (χ3n) is 2.21. The van der Waals surface area contributed by atoms with E-state index in [0.717, 1.165) is 6.07 Å². The first-order valence-corrected chi connectivity index (χ1v) is 4.38. The van der Waals surface area contributed by atoms with Crippen LogP contribution < -0.4 is 0 Å². The van der Waals surface area contributed by atoms with Crippen LogP contribution in [-0.2, 0) is 0 Å². The van der Waals surface area contributed by atoms with E-state index in [1.165, 1.54) is 13.8 Å². The predicted molar refractivity (Wildman–Crippen MR) is 58.0 cm³/mol. The molecule has 0 unspecified atom stereocenters. The molecule has 0 bridgehead atoms. The quantitative estimate of drug-likeness (QED) is 0.262. The molecule has 0 aliphatic rings. The lowest BCUT2D eigenvalue weighted by atomic mass is 10.1. The molecular formula is C8H7N5O4. The van der Waals surface area contributed by atoms with Crippen molar-refractivity contribution >= 4 is 17.1 Å². The molecule has 0 amide bonds. The van der Waals surface area contributed by atoms with E-state index in [9.17, 15) is 20.2 Å². The standard InChI is InChI=1S/C8H7N5O4/c1-4-3-6(12(14)15)5(2)8(13(16)17)7(4)10-11-9/h3H,1-2H3. The van der Waals surface area contributed by atoms with Gasteiger partial charge in [0.15, 0.2) is 0 Å². The van der Waals surface area contributed by atoms with E-state index in [-0.39, 0.29) is 22.5 Å². The Bertz CT molecular complexity index is 562. The molecule has 88 valence electrons. The molecule has 1 rings (SSSR count). The lowest BCUT2D eigenvalue weighted by Crippen LogP contribution is -1.99. The highest BCUT2D eigenvalue weighted by atomic mass is 16.6. The van der Waals surface area contributed by atoms with Crippen LogP contribution in [0.3, 0.4) is 0 Å². The Labute approximate surface area is 94.6 Å². The van der Waals surface area contributed by atoms with Gasteiger partial charge in [0.25, 0.3) is 11.4 Å². The molecule has 0 atom stereocenters. The van der Waals surface area contributed by atoms with Gasteiger partial charge in [-0.1, -0.05) is 5.11 Å². The second kappa shape index (κ2) is 4.45. The van der Waals surface area contributed by atoms with Crippen LogP contribution in [0.25, 0.3) is 10.4 Å².